The van der Waals surface area contributed by atoms with Crippen molar-refractivity contribution < 1.29 is 44.9 Å². The van der Waals surface area contributed by atoms with Crippen LogP contribution in [0.4, 0.5) is 0 Å². The molecule has 0 aliphatic carbocycles. The maximum absolute atomic E-state index is 13.3. The molecule has 7 N–H and O–H groups in total. The number of rotatable bonds is 51. The molecule has 0 radical (unpaired) electrons. The lowest BCUT2D eigenvalue weighted by molar-refractivity contribution is -0.303. The highest BCUT2D eigenvalue weighted by Gasteiger charge is 2.44. The van der Waals surface area contributed by atoms with Gasteiger partial charge in [-0.25, -0.2) is 0 Å². The number of carbonyl (C=O) groups is 1. The van der Waals surface area contributed by atoms with Crippen LogP contribution in [0.5, 0.6) is 0 Å². The SMILES string of the molecule is CCCCCCCCCCCCCCC[C@@H](O)[C@@H](O)[C@H](CO[C@H]1O[C@H](CO)[C@H](O)[C@H](O)[C@H]1O)NC(=O)CCCCCCCN(CCCCCCCCCCCC)CCCCCCCCCCCC. The fourth-order valence-electron chi connectivity index (χ4n) is 9.85. The highest BCUT2D eigenvalue weighted by atomic mass is 16.7. The lowest BCUT2D eigenvalue weighted by Gasteiger charge is -2.40. The van der Waals surface area contributed by atoms with Crippen molar-refractivity contribution in [1.82, 2.24) is 10.2 Å². The van der Waals surface area contributed by atoms with Crippen molar-refractivity contribution in [2.45, 2.75) is 327 Å². The summed E-state index contributed by atoms with van der Waals surface area (Å²) in [6.07, 6.45) is 38.9. The van der Waals surface area contributed by atoms with Crippen molar-refractivity contribution in [2.75, 3.05) is 32.8 Å². The van der Waals surface area contributed by atoms with Crippen molar-refractivity contribution >= 4 is 5.91 Å². The molecule has 1 fully saturated rings. The smallest absolute Gasteiger partial charge is 0.220 e. The summed E-state index contributed by atoms with van der Waals surface area (Å²) in [5.41, 5.74) is 0. The molecule has 11 heteroatoms. The van der Waals surface area contributed by atoms with E-state index in [0.29, 0.717) is 12.8 Å². The monoisotopic (exact) mass is 971 g/mol. The number of hydrogen-bond donors (Lipinski definition) is 7. The number of unbranched alkanes of at least 4 members (excludes halogenated alkanes) is 34. The predicted octanol–water partition coefficient (Wildman–Crippen LogP) is 12.0. The first-order valence-electron chi connectivity index (χ1n) is 29.5. The van der Waals surface area contributed by atoms with Crippen LogP contribution in [0.3, 0.4) is 0 Å². The number of aliphatic hydroxyl groups excluding tert-OH is 6. The predicted molar refractivity (Wildman–Crippen MR) is 282 cm³/mol. The Morgan fingerprint density at radius 2 is 0.853 bits per heavy atom. The summed E-state index contributed by atoms with van der Waals surface area (Å²) in [6, 6.07) is -0.996. The van der Waals surface area contributed by atoms with Gasteiger partial charge in [0.25, 0.3) is 0 Å². The number of hydrogen-bond acceptors (Lipinski definition) is 10. The Morgan fingerprint density at radius 3 is 1.24 bits per heavy atom. The van der Waals surface area contributed by atoms with E-state index in [9.17, 15) is 35.4 Å². The standard InChI is InChI=1S/C57H114N2O9/c1-4-7-10-13-16-19-22-23-24-25-28-32-37-42-50(61)53(63)49(48-67-57-56(66)55(65)54(64)51(47-60)68-57)58-52(62)43-38-33-31-36-41-46-59(44-39-34-29-26-20-17-14-11-8-5-2)45-40-35-30-27-21-18-15-12-9-6-3/h49-51,53-57,60-61,63-66H,4-48H2,1-3H3,(H,58,62)/t49-,50+,51+,53-,54-,55-,56+,57-/m0/s1. The van der Waals surface area contributed by atoms with Crippen molar-refractivity contribution in [3.63, 3.8) is 0 Å². The number of aliphatic hydroxyl groups is 6. The molecule has 0 saturated carbocycles. The first kappa shape index (κ1) is 65.1. The molecule has 0 aromatic carbocycles. The maximum atomic E-state index is 13.3. The van der Waals surface area contributed by atoms with Crippen LogP contribution in [0.15, 0.2) is 0 Å². The molecule has 0 aromatic rings. The number of nitrogens with zero attached hydrogens (tertiary/aromatic N) is 1. The molecule has 1 rings (SSSR count). The van der Waals surface area contributed by atoms with E-state index in [1.807, 2.05) is 0 Å². The van der Waals surface area contributed by atoms with Crippen LogP contribution in [0, 0.1) is 0 Å². The van der Waals surface area contributed by atoms with Crippen LogP contribution >= 0.6 is 0 Å². The zero-order valence-corrected chi connectivity index (χ0v) is 44.8. The molecule has 8 atom stereocenters. The van der Waals surface area contributed by atoms with Crippen LogP contribution < -0.4 is 5.32 Å². The Hall–Kier alpha value is -0.890. The molecule has 0 aromatic heterocycles. The molecule has 1 heterocycles. The van der Waals surface area contributed by atoms with Crippen LogP contribution in [-0.4, -0.2) is 123 Å². The zero-order chi connectivity index (χ0) is 49.7. The highest BCUT2D eigenvalue weighted by molar-refractivity contribution is 5.76. The summed E-state index contributed by atoms with van der Waals surface area (Å²) in [7, 11) is 0. The second kappa shape index (κ2) is 47.1. The van der Waals surface area contributed by atoms with Gasteiger partial charge in [-0.1, -0.05) is 239 Å². The van der Waals surface area contributed by atoms with Crippen molar-refractivity contribution in [3.05, 3.63) is 0 Å². The van der Waals surface area contributed by atoms with Gasteiger partial charge in [-0.05, 0) is 51.7 Å². The molecule has 406 valence electrons. The summed E-state index contributed by atoms with van der Waals surface area (Å²) in [6.45, 7) is 9.46. The van der Waals surface area contributed by atoms with Crippen molar-refractivity contribution in [1.29, 1.82) is 0 Å². The van der Waals surface area contributed by atoms with Crippen LogP contribution in [0.25, 0.3) is 0 Å². The van der Waals surface area contributed by atoms with E-state index < -0.39 is 55.6 Å². The number of amides is 1. The minimum absolute atomic E-state index is 0.251. The third-order valence-electron chi connectivity index (χ3n) is 14.6. The normalized spacial score (nSPS) is 20.0. The highest BCUT2D eigenvalue weighted by Crippen LogP contribution is 2.23. The van der Waals surface area contributed by atoms with Gasteiger partial charge < -0.3 is 50.3 Å². The minimum atomic E-state index is -1.61. The Bertz CT molecular complexity index is 1050. The molecule has 0 spiro atoms. The van der Waals surface area contributed by atoms with Gasteiger partial charge in [0.2, 0.25) is 5.91 Å². The first-order chi connectivity index (χ1) is 33.2. The van der Waals surface area contributed by atoms with Gasteiger partial charge in [0.15, 0.2) is 6.29 Å². The number of nitrogens with one attached hydrogen (secondary N) is 1. The molecule has 11 nitrogen and oxygen atoms in total. The average Bonchev–Trinajstić information content (AvgIpc) is 3.34. The molecule has 1 saturated heterocycles. The van der Waals surface area contributed by atoms with E-state index in [0.717, 1.165) is 51.5 Å². The number of carbonyl (C=O) groups excluding carboxylic acids is 1. The summed E-state index contributed by atoms with van der Waals surface area (Å²) in [5.74, 6) is -0.251. The second-order valence-corrected chi connectivity index (χ2v) is 21.0. The fraction of sp³-hybridized carbons (Fsp3) is 0.982. The van der Waals surface area contributed by atoms with Gasteiger partial charge >= 0.3 is 0 Å². The van der Waals surface area contributed by atoms with Crippen LogP contribution in [0.2, 0.25) is 0 Å². The molecule has 0 bridgehead atoms. The molecule has 1 aliphatic rings. The third kappa shape index (κ3) is 35.3. The molecule has 0 unspecified atom stereocenters. The Labute approximate surface area is 419 Å². The van der Waals surface area contributed by atoms with Crippen LogP contribution in [0.1, 0.15) is 278 Å². The van der Waals surface area contributed by atoms with E-state index in [4.69, 9.17) is 9.47 Å². The minimum Gasteiger partial charge on any atom is -0.394 e. The van der Waals surface area contributed by atoms with E-state index in [1.165, 1.54) is 206 Å². The van der Waals surface area contributed by atoms with Gasteiger partial charge in [0, 0.05) is 6.42 Å². The lowest BCUT2D eigenvalue weighted by atomic mass is 9.98. The zero-order valence-electron chi connectivity index (χ0n) is 44.8. The quantitative estimate of drug-likeness (QED) is 0.0291. The molecular formula is C57H114N2O9. The summed E-state index contributed by atoms with van der Waals surface area (Å²) >= 11 is 0. The third-order valence-corrected chi connectivity index (χ3v) is 14.6. The average molecular weight is 972 g/mol. The van der Waals surface area contributed by atoms with E-state index in [2.05, 4.69) is 31.0 Å². The van der Waals surface area contributed by atoms with E-state index in [-0.39, 0.29) is 18.9 Å². The molecule has 68 heavy (non-hydrogen) atoms. The van der Waals surface area contributed by atoms with Crippen molar-refractivity contribution in [3.8, 4) is 0 Å². The fourth-order valence-corrected chi connectivity index (χ4v) is 9.85. The Balaban J connectivity index is 2.55. The van der Waals surface area contributed by atoms with Gasteiger partial charge in [-0.3, -0.25) is 4.79 Å². The number of ether oxygens (including phenoxy) is 2. The van der Waals surface area contributed by atoms with Gasteiger partial charge in [0.1, 0.15) is 30.5 Å². The Morgan fingerprint density at radius 1 is 0.500 bits per heavy atom. The van der Waals surface area contributed by atoms with Crippen LogP contribution in [-0.2, 0) is 14.3 Å². The lowest BCUT2D eigenvalue weighted by Crippen LogP contribution is -2.60. The van der Waals surface area contributed by atoms with Gasteiger partial charge in [-0.15, -0.1) is 0 Å². The molecule has 1 aliphatic heterocycles. The molecule has 1 amide bonds. The van der Waals surface area contributed by atoms with E-state index >= 15 is 0 Å². The van der Waals surface area contributed by atoms with Gasteiger partial charge in [0.05, 0.1) is 25.4 Å². The maximum Gasteiger partial charge on any atom is 0.220 e. The topological polar surface area (TPSA) is 172 Å². The molecular weight excluding hydrogens is 857 g/mol. The van der Waals surface area contributed by atoms with Gasteiger partial charge in [-0.2, -0.15) is 0 Å². The second-order valence-electron chi connectivity index (χ2n) is 21.0. The Kier molecular flexibility index (Phi) is 45.1. The largest absolute Gasteiger partial charge is 0.394 e. The van der Waals surface area contributed by atoms with E-state index in [1.54, 1.807) is 0 Å². The summed E-state index contributed by atoms with van der Waals surface area (Å²) in [5, 5.41) is 65.9. The summed E-state index contributed by atoms with van der Waals surface area (Å²) in [4.78, 5) is 16.0. The first-order valence-corrected chi connectivity index (χ1v) is 29.5. The summed E-state index contributed by atoms with van der Waals surface area (Å²) < 4.78 is 11.3. The van der Waals surface area contributed by atoms with Crippen molar-refractivity contribution in [2.24, 2.45) is 0 Å².